The van der Waals surface area contributed by atoms with Gasteiger partial charge >= 0.3 is 0 Å². The molecule has 2 aliphatic rings. The van der Waals surface area contributed by atoms with Crippen LogP contribution in [0.2, 0.25) is 0 Å². The predicted octanol–water partition coefficient (Wildman–Crippen LogP) is 8.11. The van der Waals surface area contributed by atoms with E-state index in [1.165, 1.54) is 70.6 Å². The molecule has 2 saturated carbocycles. The van der Waals surface area contributed by atoms with Gasteiger partial charge in [-0.05, 0) is 23.7 Å². The normalized spacial score (nSPS) is 32.0. The van der Waals surface area contributed by atoms with Crippen molar-refractivity contribution in [3.8, 4) is 0 Å². The maximum atomic E-state index is 2.38. The molecule has 2 aliphatic carbocycles. The SMILES string of the molecule is C.C.CCC1CCC(C)CC1.CCC1CCC(CC)CC1. The fraction of sp³-hybridized carbons (Fsp3) is 1.00. The molecule has 0 bridgehead atoms. The molecule has 0 atom stereocenters. The Labute approximate surface area is 137 Å². The second-order valence-corrected chi connectivity index (χ2v) is 7.24. The molecular formula is C21H46. The number of hydrogen-bond donors (Lipinski definition) is 0. The Morgan fingerprint density at radius 1 is 0.524 bits per heavy atom. The monoisotopic (exact) mass is 298 g/mol. The molecule has 2 rings (SSSR count). The molecule has 0 unspecified atom stereocenters. The van der Waals surface area contributed by atoms with E-state index in [0.29, 0.717) is 0 Å². The van der Waals surface area contributed by atoms with Gasteiger partial charge < -0.3 is 0 Å². The zero-order valence-corrected chi connectivity index (χ0v) is 14.1. The van der Waals surface area contributed by atoms with Crippen LogP contribution < -0.4 is 0 Å². The lowest BCUT2D eigenvalue weighted by Crippen LogP contribution is -2.12. The van der Waals surface area contributed by atoms with Crippen LogP contribution in [0.15, 0.2) is 0 Å². The smallest absolute Gasteiger partial charge is 0.0417 e. The molecule has 130 valence electrons. The molecule has 0 saturated heterocycles. The summed E-state index contributed by atoms with van der Waals surface area (Å²) in [7, 11) is 0. The van der Waals surface area contributed by atoms with Crippen LogP contribution in [-0.4, -0.2) is 0 Å². The van der Waals surface area contributed by atoms with Crippen molar-refractivity contribution in [2.45, 2.75) is 113 Å². The minimum atomic E-state index is 0. The van der Waals surface area contributed by atoms with Gasteiger partial charge in [0.15, 0.2) is 0 Å². The van der Waals surface area contributed by atoms with Crippen LogP contribution in [0, 0.1) is 23.7 Å². The van der Waals surface area contributed by atoms with E-state index in [2.05, 4.69) is 27.7 Å². The number of rotatable bonds is 3. The summed E-state index contributed by atoms with van der Waals surface area (Å²) >= 11 is 0. The van der Waals surface area contributed by atoms with Crippen molar-refractivity contribution in [1.29, 1.82) is 0 Å². The fourth-order valence-electron chi connectivity index (χ4n) is 3.79. The van der Waals surface area contributed by atoms with E-state index in [1.807, 2.05) is 0 Å². The average Bonchev–Trinajstić information content (AvgIpc) is 2.49. The Balaban J connectivity index is 0. The molecular weight excluding hydrogens is 252 g/mol. The van der Waals surface area contributed by atoms with E-state index < -0.39 is 0 Å². The summed E-state index contributed by atoms with van der Waals surface area (Å²) in [5.41, 5.74) is 0. The van der Waals surface area contributed by atoms with E-state index in [9.17, 15) is 0 Å². The van der Waals surface area contributed by atoms with Crippen molar-refractivity contribution in [2.75, 3.05) is 0 Å². The van der Waals surface area contributed by atoms with Crippen LogP contribution in [0.5, 0.6) is 0 Å². The topological polar surface area (TPSA) is 0 Å². The summed E-state index contributed by atoms with van der Waals surface area (Å²) in [5.74, 6) is 4.24. The minimum Gasteiger partial charge on any atom is -0.0776 e. The van der Waals surface area contributed by atoms with Crippen LogP contribution in [0.3, 0.4) is 0 Å². The van der Waals surface area contributed by atoms with Gasteiger partial charge in [0.2, 0.25) is 0 Å². The standard InChI is InChI=1S/C10H20.C9H18.2CH4/c1-3-9-5-7-10(4-2)8-6-9;1-3-9-6-4-8(2)5-7-9;;/h9-10H,3-8H2,1-2H3;8-9H,3-7H2,1-2H3;2*1H4. The zero-order valence-electron chi connectivity index (χ0n) is 14.1. The Bertz CT molecular complexity index is 180. The second kappa shape index (κ2) is 13.6. The summed E-state index contributed by atoms with van der Waals surface area (Å²) in [4.78, 5) is 0. The molecule has 0 amide bonds. The maximum absolute atomic E-state index is 2.38. The van der Waals surface area contributed by atoms with Crippen LogP contribution >= 0.6 is 0 Å². The highest BCUT2D eigenvalue weighted by molar-refractivity contribution is 4.70. The molecule has 0 heteroatoms. The van der Waals surface area contributed by atoms with Crippen molar-refractivity contribution >= 4 is 0 Å². The van der Waals surface area contributed by atoms with Crippen LogP contribution in [0.1, 0.15) is 113 Å². The summed E-state index contributed by atoms with van der Waals surface area (Å²) in [6.07, 6.45) is 16.2. The maximum Gasteiger partial charge on any atom is -0.0417 e. The molecule has 21 heavy (non-hydrogen) atoms. The van der Waals surface area contributed by atoms with Gasteiger partial charge in [0, 0.05) is 0 Å². The van der Waals surface area contributed by atoms with Crippen molar-refractivity contribution in [1.82, 2.24) is 0 Å². The Hall–Kier alpha value is 0. The van der Waals surface area contributed by atoms with Gasteiger partial charge in [0.25, 0.3) is 0 Å². The Morgan fingerprint density at radius 3 is 1.00 bits per heavy atom. The molecule has 2 fully saturated rings. The third-order valence-corrected chi connectivity index (χ3v) is 5.83. The highest BCUT2D eigenvalue weighted by Crippen LogP contribution is 2.32. The highest BCUT2D eigenvalue weighted by Gasteiger charge is 2.18. The molecule has 0 heterocycles. The van der Waals surface area contributed by atoms with Gasteiger partial charge in [0.1, 0.15) is 0 Å². The predicted molar refractivity (Wildman–Crippen MR) is 101 cm³/mol. The number of hydrogen-bond acceptors (Lipinski definition) is 0. The van der Waals surface area contributed by atoms with E-state index in [-0.39, 0.29) is 14.9 Å². The van der Waals surface area contributed by atoms with Gasteiger partial charge in [0.05, 0.1) is 0 Å². The summed E-state index contributed by atoms with van der Waals surface area (Å²) in [6.45, 7) is 9.36. The van der Waals surface area contributed by atoms with Crippen LogP contribution in [0.25, 0.3) is 0 Å². The van der Waals surface area contributed by atoms with Gasteiger partial charge in [-0.2, -0.15) is 0 Å². The molecule has 0 nitrogen and oxygen atoms in total. The minimum absolute atomic E-state index is 0. The van der Waals surface area contributed by atoms with Crippen LogP contribution in [-0.2, 0) is 0 Å². The van der Waals surface area contributed by atoms with Gasteiger partial charge in [-0.15, -0.1) is 0 Å². The van der Waals surface area contributed by atoms with E-state index in [0.717, 1.165) is 23.7 Å². The van der Waals surface area contributed by atoms with Gasteiger partial charge in [-0.1, -0.05) is 113 Å². The highest BCUT2D eigenvalue weighted by atomic mass is 14.2. The molecule has 0 N–H and O–H groups in total. The zero-order chi connectivity index (χ0) is 14.1. The molecule has 0 radical (unpaired) electrons. The first kappa shape index (κ1) is 23.3. The molecule has 0 aliphatic heterocycles. The van der Waals surface area contributed by atoms with E-state index in [4.69, 9.17) is 0 Å². The first-order valence-corrected chi connectivity index (χ1v) is 9.19. The quantitative estimate of drug-likeness (QED) is 0.493. The van der Waals surface area contributed by atoms with E-state index in [1.54, 1.807) is 0 Å². The largest absolute Gasteiger partial charge is 0.0776 e. The van der Waals surface area contributed by atoms with Gasteiger partial charge in [-0.3, -0.25) is 0 Å². The lowest BCUT2D eigenvalue weighted by Gasteiger charge is -2.26. The summed E-state index contributed by atoms with van der Waals surface area (Å²) in [6, 6.07) is 0. The third kappa shape index (κ3) is 9.59. The summed E-state index contributed by atoms with van der Waals surface area (Å²) in [5, 5.41) is 0. The van der Waals surface area contributed by atoms with Crippen molar-refractivity contribution < 1.29 is 0 Å². The Kier molecular flexibility index (Phi) is 15.1. The average molecular weight is 299 g/mol. The third-order valence-electron chi connectivity index (χ3n) is 5.83. The molecule has 0 aromatic carbocycles. The summed E-state index contributed by atoms with van der Waals surface area (Å²) < 4.78 is 0. The molecule has 0 aromatic rings. The lowest BCUT2D eigenvalue weighted by atomic mass is 9.80. The molecule has 0 spiro atoms. The van der Waals surface area contributed by atoms with Crippen molar-refractivity contribution in [3.63, 3.8) is 0 Å². The second-order valence-electron chi connectivity index (χ2n) is 7.24. The van der Waals surface area contributed by atoms with Crippen molar-refractivity contribution in [3.05, 3.63) is 0 Å². The first-order chi connectivity index (χ1) is 9.19. The Morgan fingerprint density at radius 2 is 0.762 bits per heavy atom. The fourth-order valence-corrected chi connectivity index (χ4v) is 3.79. The first-order valence-electron chi connectivity index (χ1n) is 9.19. The molecule has 0 aromatic heterocycles. The van der Waals surface area contributed by atoms with E-state index >= 15 is 0 Å². The van der Waals surface area contributed by atoms with Gasteiger partial charge in [-0.25, -0.2) is 0 Å². The van der Waals surface area contributed by atoms with Crippen molar-refractivity contribution in [2.24, 2.45) is 23.7 Å². The van der Waals surface area contributed by atoms with Crippen LogP contribution in [0.4, 0.5) is 0 Å². The lowest BCUT2D eigenvalue weighted by molar-refractivity contribution is 0.264.